The summed E-state index contributed by atoms with van der Waals surface area (Å²) in [5, 5.41) is 7.40. The van der Waals surface area contributed by atoms with Gasteiger partial charge in [0.05, 0.1) is 5.54 Å². The van der Waals surface area contributed by atoms with Crippen molar-refractivity contribution in [3.05, 3.63) is 169 Å². The first-order valence-electron chi connectivity index (χ1n) is 16.4. The fourth-order valence-electron chi connectivity index (χ4n) is 8.38. The summed E-state index contributed by atoms with van der Waals surface area (Å²) in [5.74, 6) is 0.221. The van der Waals surface area contributed by atoms with E-state index in [1.165, 1.54) is 60.7 Å². The summed E-state index contributed by atoms with van der Waals surface area (Å²) in [6.07, 6.45) is 9.07. The second kappa shape index (κ2) is 9.82. The quantitative estimate of drug-likeness (QED) is 0.187. The van der Waals surface area contributed by atoms with Crippen molar-refractivity contribution in [2.45, 2.75) is 18.4 Å². The molecule has 1 aromatic heterocycles. The third-order valence-corrected chi connectivity index (χ3v) is 10.5. The average Bonchev–Trinajstić information content (AvgIpc) is 3.61. The van der Waals surface area contributed by atoms with Crippen molar-refractivity contribution in [3.8, 4) is 22.3 Å². The molecule has 2 heteroatoms. The lowest BCUT2D eigenvalue weighted by Crippen LogP contribution is -2.41. The number of hydrogen-bond donors (Lipinski definition) is 0. The van der Waals surface area contributed by atoms with E-state index in [9.17, 15) is 0 Å². The van der Waals surface area contributed by atoms with E-state index in [0.29, 0.717) is 0 Å². The van der Waals surface area contributed by atoms with Gasteiger partial charge in [0.25, 0.3) is 0 Å². The Kier molecular flexibility index (Phi) is 5.51. The molecule has 1 aliphatic heterocycles. The van der Waals surface area contributed by atoms with E-state index in [2.05, 4.69) is 170 Å². The summed E-state index contributed by atoms with van der Waals surface area (Å²) < 4.78 is 6.34. The molecule has 2 unspecified atom stereocenters. The molecule has 0 radical (unpaired) electrons. The van der Waals surface area contributed by atoms with Crippen molar-refractivity contribution < 1.29 is 4.42 Å². The SMILES string of the molecule is CC12C=CC=CC1c1cc3oc4ccccc4c3cc1N2c1ccc(-c2c3ccccc3c(-c3ccccc3)c3ccccc23)cc1. The predicted octanol–water partition coefficient (Wildman–Crippen LogP) is 12.3. The van der Waals surface area contributed by atoms with Gasteiger partial charge in [-0.25, -0.2) is 0 Å². The predicted molar refractivity (Wildman–Crippen MR) is 198 cm³/mol. The Morgan fingerprint density at radius 2 is 1.11 bits per heavy atom. The van der Waals surface area contributed by atoms with E-state index in [4.69, 9.17) is 4.42 Å². The third-order valence-electron chi connectivity index (χ3n) is 10.5. The van der Waals surface area contributed by atoms with Crippen molar-refractivity contribution in [1.29, 1.82) is 0 Å². The fraction of sp³-hybridized carbons (Fsp3) is 0.0667. The Labute approximate surface area is 273 Å². The van der Waals surface area contributed by atoms with Gasteiger partial charge in [-0.3, -0.25) is 0 Å². The van der Waals surface area contributed by atoms with Gasteiger partial charge in [-0.15, -0.1) is 0 Å². The standard InChI is InChI=1S/C45H31NO/c1-45-26-12-11-20-39(45)38-28-42-37(32-15-9-10-21-41(32)47-42)27-40(38)46(45)31-24-22-30(23-25-31)44-35-18-7-5-16-33(35)43(29-13-3-2-4-14-29)34-17-6-8-19-36(34)44/h2-28,39H,1H3. The molecule has 0 spiro atoms. The molecule has 8 aromatic rings. The van der Waals surface area contributed by atoms with Crippen LogP contribution < -0.4 is 4.90 Å². The van der Waals surface area contributed by atoms with Crippen molar-refractivity contribution in [2.24, 2.45) is 0 Å². The second-order valence-corrected chi connectivity index (χ2v) is 13.0. The molecular weight excluding hydrogens is 571 g/mol. The molecule has 10 rings (SSSR count). The third kappa shape index (κ3) is 3.73. The van der Waals surface area contributed by atoms with Crippen molar-refractivity contribution >= 4 is 54.9 Å². The maximum atomic E-state index is 6.34. The topological polar surface area (TPSA) is 16.4 Å². The van der Waals surface area contributed by atoms with Gasteiger partial charge in [-0.2, -0.15) is 0 Å². The first-order valence-corrected chi connectivity index (χ1v) is 16.4. The van der Waals surface area contributed by atoms with Crippen LogP contribution in [0.1, 0.15) is 18.4 Å². The Hall–Kier alpha value is -5.86. The summed E-state index contributed by atoms with van der Waals surface area (Å²) in [6, 6.07) is 50.8. The number of anilines is 2. The Balaban J connectivity index is 1.17. The van der Waals surface area contributed by atoms with E-state index in [0.717, 1.165) is 21.9 Å². The van der Waals surface area contributed by atoms with Crippen LogP contribution in [0, 0.1) is 0 Å². The fourth-order valence-corrected chi connectivity index (χ4v) is 8.38. The molecule has 2 atom stereocenters. The molecule has 1 aliphatic carbocycles. The molecule has 0 fully saturated rings. The van der Waals surface area contributed by atoms with E-state index in [1.54, 1.807) is 0 Å². The molecule has 2 aliphatic rings. The largest absolute Gasteiger partial charge is 0.456 e. The van der Waals surface area contributed by atoms with Crippen molar-refractivity contribution in [2.75, 3.05) is 4.90 Å². The molecule has 0 N–H and O–H groups in total. The van der Waals surface area contributed by atoms with Gasteiger partial charge in [0, 0.05) is 28.1 Å². The number of furan rings is 1. The van der Waals surface area contributed by atoms with Crippen LogP contribution in [0.25, 0.3) is 65.7 Å². The minimum absolute atomic E-state index is 0.221. The highest BCUT2D eigenvalue weighted by Crippen LogP contribution is 2.55. The van der Waals surface area contributed by atoms with Crippen LogP contribution in [0.4, 0.5) is 11.4 Å². The van der Waals surface area contributed by atoms with E-state index in [1.807, 2.05) is 6.07 Å². The normalized spacial score (nSPS) is 18.4. The highest BCUT2D eigenvalue weighted by Gasteiger charge is 2.47. The zero-order chi connectivity index (χ0) is 31.1. The Morgan fingerprint density at radius 1 is 0.532 bits per heavy atom. The van der Waals surface area contributed by atoms with Gasteiger partial charge in [0.1, 0.15) is 11.2 Å². The van der Waals surface area contributed by atoms with Crippen LogP contribution in [0.3, 0.4) is 0 Å². The molecule has 47 heavy (non-hydrogen) atoms. The number of nitrogens with zero attached hydrogens (tertiary/aromatic N) is 1. The molecule has 0 amide bonds. The first kappa shape index (κ1) is 26.4. The minimum atomic E-state index is -0.232. The van der Waals surface area contributed by atoms with Gasteiger partial charge < -0.3 is 9.32 Å². The summed E-state index contributed by atoms with van der Waals surface area (Å²) in [6.45, 7) is 2.36. The number of hydrogen-bond acceptors (Lipinski definition) is 2. The smallest absolute Gasteiger partial charge is 0.135 e. The van der Waals surface area contributed by atoms with Gasteiger partial charge in [-0.1, -0.05) is 133 Å². The molecule has 0 bridgehead atoms. The highest BCUT2D eigenvalue weighted by atomic mass is 16.3. The molecular formula is C45H31NO. The number of benzene rings is 7. The summed E-state index contributed by atoms with van der Waals surface area (Å²) in [5.41, 5.74) is 10.4. The second-order valence-electron chi connectivity index (χ2n) is 13.0. The number of rotatable bonds is 3. The average molecular weight is 602 g/mol. The van der Waals surface area contributed by atoms with E-state index < -0.39 is 0 Å². The molecule has 222 valence electrons. The van der Waals surface area contributed by atoms with Crippen LogP contribution in [-0.2, 0) is 0 Å². The van der Waals surface area contributed by atoms with Crippen molar-refractivity contribution in [3.63, 3.8) is 0 Å². The zero-order valence-corrected chi connectivity index (χ0v) is 26.0. The van der Waals surface area contributed by atoms with Crippen LogP contribution >= 0.6 is 0 Å². The molecule has 0 saturated heterocycles. The summed E-state index contributed by atoms with van der Waals surface area (Å²) in [4.78, 5) is 2.53. The number of fused-ring (bicyclic) bond motifs is 8. The van der Waals surface area contributed by atoms with Crippen molar-refractivity contribution in [1.82, 2.24) is 0 Å². The van der Waals surface area contributed by atoms with Crippen LogP contribution in [0.5, 0.6) is 0 Å². The molecule has 2 heterocycles. The van der Waals surface area contributed by atoms with E-state index in [-0.39, 0.29) is 11.5 Å². The summed E-state index contributed by atoms with van der Waals surface area (Å²) >= 11 is 0. The maximum absolute atomic E-state index is 6.34. The molecule has 7 aromatic carbocycles. The van der Waals surface area contributed by atoms with Crippen LogP contribution in [0.2, 0.25) is 0 Å². The molecule has 2 nitrogen and oxygen atoms in total. The number of para-hydroxylation sites is 1. The summed E-state index contributed by atoms with van der Waals surface area (Å²) in [7, 11) is 0. The Bertz CT molecular complexity index is 2530. The maximum Gasteiger partial charge on any atom is 0.135 e. The van der Waals surface area contributed by atoms with Gasteiger partial charge in [0.2, 0.25) is 0 Å². The molecule has 0 saturated carbocycles. The van der Waals surface area contributed by atoms with Gasteiger partial charge >= 0.3 is 0 Å². The zero-order valence-electron chi connectivity index (χ0n) is 26.0. The highest BCUT2D eigenvalue weighted by molar-refractivity contribution is 6.21. The van der Waals surface area contributed by atoms with Crippen LogP contribution in [-0.4, -0.2) is 5.54 Å². The van der Waals surface area contributed by atoms with E-state index >= 15 is 0 Å². The van der Waals surface area contributed by atoms with Crippen LogP contribution in [0.15, 0.2) is 168 Å². The monoisotopic (exact) mass is 601 g/mol. The van der Waals surface area contributed by atoms with Gasteiger partial charge in [0.15, 0.2) is 0 Å². The minimum Gasteiger partial charge on any atom is -0.456 e. The first-order chi connectivity index (χ1) is 23.2. The Morgan fingerprint density at radius 3 is 1.77 bits per heavy atom. The van der Waals surface area contributed by atoms with Gasteiger partial charge in [-0.05, 0) is 86.6 Å². The lowest BCUT2D eigenvalue weighted by atomic mass is 9.80. The lowest BCUT2D eigenvalue weighted by Gasteiger charge is -2.39. The lowest BCUT2D eigenvalue weighted by molar-refractivity contribution is 0.542. The number of allylic oxidation sites excluding steroid dienone is 2.